The van der Waals surface area contributed by atoms with Crippen LogP contribution < -0.4 is 0 Å². The summed E-state index contributed by atoms with van der Waals surface area (Å²) in [6.45, 7) is 3.13. The van der Waals surface area contributed by atoms with E-state index in [-0.39, 0.29) is 5.91 Å². The third-order valence-corrected chi connectivity index (χ3v) is 5.11. The minimum atomic E-state index is 0.0351. The van der Waals surface area contributed by atoms with E-state index in [1.54, 1.807) is 12.5 Å². The van der Waals surface area contributed by atoms with Crippen LogP contribution in [-0.2, 0) is 13.0 Å². The van der Waals surface area contributed by atoms with Crippen LogP contribution in [0.1, 0.15) is 26.6 Å². The first-order valence-electron chi connectivity index (χ1n) is 7.40. The second-order valence-corrected chi connectivity index (χ2v) is 6.45. The van der Waals surface area contributed by atoms with E-state index >= 15 is 0 Å². The van der Waals surface area contributed by atoms with Gasteiger partial charge in [0.15, 0.2) is 5.13 Å². The molecule has 0 spiro atoms. The fourth-order valence-electron chi connectivity index (χ4n) is 2.74. The Morgan fingerprint density at radius 1 is 1.30 bits per heavy atom. The molecule has 4 rings (SSSR count). The molecule has 3 aromatic heterocycles. The standard InChI is InChI=1S/C16H15N5OS/c1-11-14(23-16(19-11)20-5-2-3-6-20)15(22)21-7-4-13-12(9-21)8-17-10-18-13/h2-3,5-6,8,10H,4,7,9H2,1H3. The van der Waals surface area contributed by atoms with E-state index in [9.17, 15) is 4.79 Å². The highest BCUT2D eigenvalue weighted by Crippen LogP contribution is 2.25. The number of fused-ring (bicyclic) bond motifs is 1. The number of thiazole rings is 1. The van der Waals surface area contributed by atoms with E-state index in [1.807, 2.05) is 40.9 Å². The summed E-state index contributed by atoms with van der Waals surface area (Å²) in [4.78, 5) is 28.3. The van der Waals surface area contributed by atoms with Crippen LogP contribution in [0.5, 0.6) is 0 Å². The highest BCUT2D eigenvalue weighted by Gasteiger charge is 2.26. The fraction of sp³-hybridized carbons (Fsp3) is 0.250. The summed E-state index contributed by atoms with van der Waals surface area (Å²) >= 11 is 1.43. The molecule has 0 unspecified atom stereocenters. The second kappa shape index (κ2) is 5.58. The molecule has 7 heteroatoms. The number of hydrogen-bond acceptors (Lipinski definition) is 5. The SMILES string of the molecule is Cc1nc(-n2cccc2)sc1C(=O)N1CCc2ncncc2C1. The molecule has 0 atom stereocenters. The first-order chi connectivity index (χ1) is 11.2. The van der Waals surface area contributed by atoms with Gasteiger partial charge in [0, 0.05) is 43.7 Å². The van der Waals surface area contributed by atoms with Crippen LogP contribution in [0, 0.1) is 6.92 Å². The van der Waals surface area contributed by atoms with Gasteiger partial charge in [-0.3, -0.25) is 4.79 Å². The van der Waals surface area contributed by atoms with Gasteiger partial charge in [-0.2, -0.15) is 0 Å². The zero-order valence-electron chi connectivity index (χ0n) is 12.6. The minimum absolute atomic E-state index is 0.0351. The van der Waals surface area contributed by atoms with Crippen molar-refractivity contribution in [3.05, 3.63) is 58.9 Å². The molecule has 0 aromatic carbocycles. The molecular formula is C16H15N5OS. The molecule has 0 N–H and O–H groups in total. The van der Waals surface area contributed by atoms with E-state index in [4.69, 9.17) is 0 Å². The Morgan fingerprint density at radius 3 is 2.96 bits per heavy atom. The summed E-state index contributed by atoms with van der Waals surface area (Å²) in [5.41, 5.74) is 2.84. The predicted molar refractivity (Wildman–Crippen MR) is 86.7 cm³/mol. The van der Waals surface area contributed by atoms with Crippen LogP contribution in [0.25, 0.3) is 5.13 Å². The molecule has 1 aliphatic rings. The Kier molecular flexibility index (Phi) is 3.42. The van der Waals surface area contributed by atoms with E-state index < -0.39 is 0 Å². The molecule has 3 aromatic rings. The van der Waals surface area contributed by atoms with Gasteiger partial charge < -0.3 is 9.47 Å². The van der Waals surface area contributed by atoms with Gasteiger partial charge in [-0.15, -0.1) is 0 Å². The average molecular weight is 325 g/mol. The van der Waals surface area contributed by atoms with Crippen molar-refractivity contribution in [3.8, 4) is 5.13 Å². The molecule has 0 fully saturated rings. The van der Waals surface area contributed by atoms with Crippen molar-refractivity contribution in [2.24, 2.45) is 0 Å². The third kappa shape index (κ3) is 2.53. The molecule has 0 radical (unpaired) electrons. The lowest BCUT2D eigenvalue weighted by atomic mass is 10.1. The minimum Gasteiger partial charge on any atom is -0.333 e. The fourth-order valence-corrected chi connectivity index (χ4v) is 3.74. The Hall–Kier alpha value is -2.54. The van der Waals surface area contributed by atoms with Crippen molar-refractivity contribution in [3.63, 3.8) is 0 Å². The van der Waals surface area contributed by atoms with Gasteiger partial charge in [0.05, 0.1) is 11.4 Å². The molecule has 1 amide bonds. The normalized spacial score (nSPS) is 13.9. The van der Waals surface area contributed by atoms with Gasteiger partial charge in [0.1, 0.15) is 11.2 Å². The molecule has 1 aliphatic heterocycles. The lowest BCUT2D eigenvalue weighted by Crippen LogP contribution is -2.36. The van der Waals surface area contributed by atoms with Gasteiger partial charge in [-0.25, -0.2) is 15.0 Å². The first-order valence-corrected chi connectivity index (χ1v) is 8.22. The van der Waals surface area contributed by atoms with Crippen molar-refractivity contribution in [2.45, 2.75) is 19.9 Å². The Balaban J connectivity index is 1.61. The summed E-state index contributed by atoms with van der Waals surface area (Å²) in [5.74, 6) is 0.0351. The number of amides is 1. The Bertz CT molecular complexity index is 855. The maximum absolute atomic E-state index is 12.9. The maximum Gasteiger partial charge on any atom is 0.266 e. The molecule has 4 heterocycles. The van der Waals surface area contributed by atoms with Crippen LogP contribution in [-0.4, -0.2) is 36.9 Å². The third-order valence-electron chi connectivity index (χ3n) is 3.95. The van der Waals surface area contributed by atoms with E-state index in [1.165, 1.54) is 11.3 Å². The van der Waals surface area contributed by atoms with E-state index in [2.05, 4.69) is 15.0 Å². The lowest BCUT2D eigenvalue weighted by molar-refractivity contribution is 0.0737. The Morgan fingerprint density at radius 2 is 2.13 bits per heavy atom. The zero-order chi connectivity index (χ0) is 15.8. The molecular weight excluding hydrogens is 310 g/mol. The summed E-state index contributed by atoms with van der Waals surface area (Å²) in [5, 5.41) is 0.816. The monoisotopic (exact) mass is 325 g/mol. The van der Waals surface area contributed by atoms with Crippen LogP contribution in [0.4, 0.5) is 0 Å². The van der Waals surface area contributed by atoms with E-state index in [0.29, 0.717) is 18.0 Å². The molecule has 6 nitrogen and oxygen atoms in total. The lowest BCUT2D eigenvalue weighted by Gasteiger charge is -2.27. The van der Waals surface area contributed by atoms with Crippen LogP contribution >= 0.6 is 11.3 Å². The summed E-state index contributed by atoms with van der Waals surface area (Å²) in [6.07, 6.45) is 7.99. The number of aromatic nitrogens is 4. The summed E-state index contributed by atoms with van der Waals surface area (Å²) < 4.78 is 1.92. The summed E-state index contributed by atoms with van der Waals surface area (Å²) in [7, 11) is 0. The number of carbonyl (C=O) groups is 1. The molecule has 116 valence electrons. The van der Waals surface area contributed by atoms with Crippen LogP contribution in [0.15, 0.2) is 37.1 Å². The van der Waals surface area contributed by atoms with E-state index in [0.717, 1.165) is 28.5 Å². The van der Waals surface area contributed by atoms with Crippen molar-refractivity contribution in [1.29, 1.82) is 0 Å². The van der Waals surface area contributed by atoms with Crippen molar-refractivity contribution >= 4 is 17.2 Å². The predicted octanol–water partition coefficient (Wildman–Crippen LogP) is 2.23. The summed E-state index contributed by atoms with van der Waals surface area (Å²) in [6, 6.07) is 3.89. The highest BCUT2D eigenvalue weighted by atomic mass is 32.1. The molecule has 0 saturated heterocycles. The topological polar surface area (TPSA) is 63.9 Å². The molecule has 0 bridgehead atoms. The van der Waals surface area contributed by atoms with Gasteiger partial charge >= 0.3 is 0 Å². The highest BCUT2D eigenvalue weighted by molar-refractivity contribution is 7.16. The largest absolute Gasteiger partial charge is 0.333 e. The number of aryl methyl sites for hydroxylation is 1. The van der Waals surface area contributed by atoms with Crippen molar-refractivity contribution < 1.29 is 4.79 Å². The van der Waals surface area contributed by atoms with Crippen molar-refractivity contribution in [1.82, 2.24) is 24.4 Å². The molecule has 23 heavy (non-hydrogen) atoms. The Labute approximate surface area is 137 Å². The molecule has 0 aliphatic carbocycles. The van der Waals surface area contributed by atoms with Crippen LogP contribution in [0.3, 0.4) is 0 Å². The van der Waals surface area contributed by atoms with Gasteiger partial charge in [0.2, 0.25) is 0 Å². The number of carbonyl (C=O) groups excluding carboxylic acids is 1. The zero-order valence-corrected chi connectivity index (χ0v) is 13.5. The van der Waals surface area contributed by atoms with Crippen LogP contribution in [0.2, 0.25) is 0 Å². The maximum atomic E-state index is 12.9. The second-order valence-electron chi connectivity index (χ2n) is 5.47. The quantitative estimate of drug-likeness (QED) is 0.725. The van der Waals surface area contributed by atoms with Crippen molar-refractivity contribution in [2.75, 3.05) is 6.54 Å². The number of hydrogen-bond donors (Lipinski definition) is 0. The van der Waals surface area contributed by atoms with Gasteiger partial charge in [0.25, 0.3) is 5.91 Å². The smallest absolute Gasteiger partial charge is 0.266 e. The molecule has 0 saturated carbocycles. The first kappa shape index (κ1) is 14.1. The van der Waals surface area contributed by atoms with Gasteiger partial charge in [-0.05, 0) is 19.1 Å². The average Bonchev–Trinajstić information content (AvgIpc) is 3.23. The number of nitrogens with zero attached hydrogens (tertiary/aromatic N) is 5. The van der Waals surface area contributed by atoms with Gasteiger partial charge in [-0.1, -0.05) is 11.3 Å². The number of rotatable bonds is 2.